The highest BCUT2D eigenvalue weighted by Crippen LogP contribution is 2.32. The number of carbonyl (C=O) groups excluding carboxylic acids is 4. The molecule has 0 aromatic rings. The molecule has 1 saturated carbocycles. The summed E-state index contributed by atoms with van der Waals surface area (Å²) in [5.41, 5.74) is 0. The summed E-state index contributed by atoms with van der Waals surface area (Å²) >= 11 is 1.28. The third-order valence-electron chi connectivity index (χ3n) is 6.03. The molecule has 1 heterocycles. The highest BCUT2D eigenvalue weighted by Gasteiger charge is 2.40. The van der Waals surface area contributed by atoms with Crippen LogP contribution in [0.3, 0.4) is 0 Å². The number of likely N-dealkylation sites (tertiary alicyclic amines) is 1. The molecule has 1 aliphatic heterocycles. The van der Waals surface area contributed by atoms with Crippen molar-refractivity contribution >= 4 is 41.2 Å². The zero-order chi connectivity index (χ0) is 21.7. The van der Waals surface area contributed by atoms with Gasteiger partial charge in [-0.3, -0.25) is 24.1 Å². The zero-order valence-electron chi connectivity index (χ0n) is 17.3. The van der Waals surface area contributed by atoms with E-state index in [1.807, 2.05) is 0 Å². The number of hydrogen-bond acceptors (Lipinski definition) is 6. The van der Waals surface area contributed by atoms with Crippen molar-refractivity contribution in [3.8, 4) is 0 Å². The van der Waals surface area contributed by atoms with Crippen molar-refractivity contribution in [3.05, 3.63) is 0 Å². The van der Waals surface area contributed by atoms with Gasteiger partial charge in [-0.15, -0.1) is 11.8 Å². The van der Waals surface area contributed by atoms with E-state index in [4.69, 9.17) is 5.11 Å². The van der Waals surface area contributed by atoms with Gasteiger partial charge in [0.25, 0.3) is 0 Å². The van der Waals surface area contributed by atoms with Gasteiger partial charge in [-0.1, -0.05) is 0 Å². The number of carboxylic acid groups (broad SMARTS) is 1. The molecule has 162 valence electrons. The van der Waals surface area contributed by atoms with E-state index in [0.29, 0.717) is 12.3 Å². The third-order valence-corrected chi connectivity index (χ3v) is 7.24. The van der Waals surface area contributed by atoms with Crippen LogP contribution < -0.4 is 0 Å². The van der Waals surface area contributed by atoms with Gasteiger partial charge in [0.05, 0.1) is 5.25 Å². The van der Waals surface area contributed by atoms with Gasteiger partial charge >= 0.3 is 5.97 Å². The van der Waals surface area contributed by atoms with E-state index in [-0.39, 0.29) is 48.2 Å². The minimum Gasteiger partial charge on any atom is -0.480 e. The Morgan fingerprint density at radius 1 is 1.21 bits per heavy atom. The number of ketones is 1. The first-order chi connectivity index (χ1) is 13.6. The topological polar surface area (TPSA) is 112 Å². The second-order valence-corrected chi connectivity index (χ2v) is 9.31. The van der Waals surface area contributed by atoms with E-state index in [2.05, 4.69) is 0 Å². The fourth-order valence-corrected chi connectivity index (χ4v) is 4.94. The molecule has 2 fully saturated rings. The van der Waals surface area contributed by atoms with Crippen LogP contribution >= 0.6 is 11.8 Å². The SMILES string of the molecule is CC(=O)C1CCC(CN2C(=O)CC(SCCC(=O)N(C)[C@@H](C)C(=O)O)C2=O)CC1. The molecule has 1 saturated heterocycles. The molecule has 2 atom stereocenters. The van der Waals surface area contributed by atoms with Crippen molar-refractivity contribution in [2.45, 2.75) is 63.7 Å². The second-order valence-electron chi connectivity index (χ2n) is 8.00. The molecule has 0 radical (unpaired) electrons. The molecular weight excluding hydrogens is 396 g/mol. The molecule has 1 N–H and O–H groups in total. The Bertz CT molecular complexity index is 674. The van der Waals surface area contributed by atoms with Crippen LogP contribution in [0, 0.1) is 11.8 Å². The number of rotatable bonds is 9. The number of Topliss-reactive ketones (excluding diaryl/α,β-unsaturated/α-hetero) is 1. The smallest absolute Gasteiger partial charge is 0.326 e. The lowest BCUT2D eigenvalue weighted by atomic mass is 9.80. The van der Waals surface area contributed by atoms with E-state index in [1.54, 1.807) is 6.92 Å². The van der Waals surface area contributed by atoms with Gasteiger partial charge in [0.2, 0.25) is 17.7 Å². The molecule has 9 heteroatoms. The second kappa shape index (κ2) is 10.2. The summed E-state index contributed by atoms with van der Waals surface area (Å²) < 4.78 is 0. The molecule has 8 nitrogen and oxygen atoms in total. The number of thioether (sulfide) groups is 1. The lowest BCUT2D eigenvalue weighted by Gasteiger charge is -2.29. The predicted molar refractivity (Wildman–Crippen MR) is 108 cm³/mol. The first-order valence-corrected chi connectivity index (χ1v) is 11.1. The van der Waals surface area contributed by atoms with Crippen molar-refractivity contribution < 1.29 is 29.1 Å². The molecule has 0 aromatic heterocycles. The maximum Gasteiger partial charge on any atom is 0.326 e. The fraction of sp³-hybridized carbons (Fsp3) is 0.750. The maximum absolute atomic E-state index is 12.6. The molecule has 1 unspecified atom stereocenters. The molecule has 1 aliphatic carbocycles. The number of imide groups is 1. The van der Waals surface area contributed by atoms with E-state index >= 15 is 0 Å². The molecule has 29 heavy (non-hydrogen) atoms. The van der Waals surface area contributed by atoms with Crippen molar-refractivity contribution in [1.82, 2.24) is 9.80 Å². The fourth-order valence-electron chi connectivity index (χ4n) is 3.83. The summed E-state index contributed by atoms with van der Waals surface area (Å²) in [6.07, 6.45) is 3.59. The summed E-state index contributed by atoms with van der Waals surface area (Å²) in [6, 6.07) is -0.907. The monoisotopic (exact) mass is 426 g/mol. The Kier molecular flexibility index (Phi) is 8.24. The predicted octanol–water partition coefficient (Wildman–Crippen LogP) is 1.56. The molecule has 0 aromatic carbocycles. The number of aliphatic carboxylic acids is 1. The number of likely N-dealkylation sites (N-methyl/N-ethyl adjacent to an activating group) is 1. The van der Waals surface area contributed by atoms with Crippen LogP contribution in [0.25, 0.3) is 0 Å². The van der Waals surface area contributed by atoms with Crippen LogP contribution in [0.1, 0.15) is 52.4 Å². The van der Waals surface area contributed by atoms with E-state index in [1.165, 1.54) is 35.5 Å². The molecule has 3 amide bonds. The van der Waals surface area contributed by atoms with Gasteiger partial charge in [0.15, 0.2) is 0 Å². The summed E-state index contributed by atoms with van der Waals surface area (Å²) in [5.74, 6) is -0.824. The Morgan fingerprint density at radius 2 is 1.83 bits per heavy atom. The van der Waals surface area contributed by atoms with Gasteiger partial charge in [-0.25, -0.2) is 4.79 Å². The van der Waals surface area contributed by atoms with Crippen LogP contribution in [0.2, 0.25) is 0 Å². The molecule has 2 aliphatic rings. The Balaban J connectivity index is 1.78. The van der Waals surface area contributed by atoms with Gasteiger partial charge < -0.3 is 10.0 Å². The third kappa shape index (κ3) is 6.04. The molecule has 0 spiro atoms. The highest BCUT2D eigenvalue weighted by atomic mass is 32.2. The van der Waals surface area contributed by atoms with E-state index < -0.39 is 17.3 Å². The van der Waals surface area contributed by atoms with Gasteiger partial charge in [-0.2, -0.15) is 0 Å². The van der Waals surface area contributed by atoms with E-state index in [0.717, 1.165) is 25.7 Å². The van der Waals surface area contributed by atoms with Crippen molar-refractivity contribution in [2.24, 2.45) is 11.8 Å². The van der Waals surface area contributed by atoms with Gasteiger partial charge in [0, 0.05) is 38.1 Å². The largest absolute Gasteiger partial charge is 0.480 e. The maximum atomic E-state index is 12.6. The lowest BCUT2D eigenvalue weighted by molar-refractivity contribution is -0.148. The molecular formula is C20H30N2O6S. The quantitative estimate of drug-likeness (QED) is 0.557. The molecule has 0 bridgehead atoms. The lowest BCUT2D eigenvalue weighted by Crippen LogP contribution is -2.40. The average Bonchev–Trinajstić information content (AvgIpc) is 2.94. The average molecular weight is 427 g/mol. The minimum atomic E-state index is -1.07. The number of nitrogens with zero attached hydrogens (tertiary/aromatic N) is 2. The first kappa shape index (κ1) is 23.4. The van der Waals surface area contributed by atoms with Crippen molar-refractivity contribution in [1.29, 1.82) is 0 Å². The highest BCUT2D eigenvalue weighted by molar-refractivity contribution is 8.00. The number of hydrogen-bond donors (Lipinski definition) is 1. The summed E-state index contributed by atoms with van der Waals surface area (Å²) in [4.78, 5) is 62.0. The Hall–Kier alpha value is -1.90. The van der Waals surface area contributed by atoms with Crippen molar-refractivity contribution in [3.63, 3.8) is 0 Å². The number of carboxylic acids is 1. The summed E-state index contributed by atoms with van der Waals surface area (Å²) in [5, 5.41) is 8.48. The van der Waals surface area contributed by atoms with Gasteiger partial charge in [0.1, 0.15) is 11.8 Å². The zero-order valence-corrected chi connectivity index (χ0v) is 18.1. The Labute approximate surface area is 175 Å². The summed E-state index contributed by atoms with van der Waals surface area (Å²) in [7, 11) is 1.44. The van der Waals surface area contributed by atoms with Crippen LogP contribution in [-0.4, -0.2) is 75.0 Å². The van der Waals surface area contributed by atoms with E-state index in [9.17, 15) is 24.0 Å². The Morgan fingerprint density at radius 3 is 2.38 bits per heavy atom. The van der Waals surface area contributed by atoms with Gasteiger partial charge in [-0.05, 0) is 45.4 Å². The van der Waals surface area contributed by atoms with Crippen LogP contribution in [-0.2, 0) is 24.0 Å². The van der Waals surface area contributed by atoms with Crippen LogP contribution in [0.5, 0.6) is 0 Å². The first-order valence-electron chi connectivity index (χ1n) is 10.1. The minimum absolute atomic E-state index is 0.110. The molecule has 2 rings (SSSR count). The van der Waals surface area contributed by atoms with Crippen LogP contribution in [0.4, 0.5) is 0 Å². The van der Waals surface area contributed by atoms with Crippen LogP contribution in [0.15, 0.2) is 0 Å². The number of carbonyl (C=O) groups is 5. The standard InChI is InChI=1S/C20H30N2O6S/c1-12(20(27)28)21(3)17(24)8-9-29-16-10-18(25)22(19(16)26)11-14-4-6-15(7-5-14)13(2)23/h12,14-16H,4-11H2,1-3H3,(H,27,28)/t12-,14?,15?,16?/m0/s1. The normalized spacial score (nSPS) is 25.8. The van der Waals surface area contributed by atoms with Crippen molar-refractivity contribution in [2.75, 3.05) is 19.3 Å². The number of amides is 3. The summed E-state index contributed by atoms with van der Waals surface area (Å²) in [6.45, 7) is 3.47.